The highest BCUT2D eigenvalue weighted by molar-refractivity contribution is 6.01. The Balaban J connectivity index is 2.37. The lowest BCUT2D eigenvalue weighted by molar-refractivity contribution is 0.469. The molecule has 0 heteroatoms. The van der Waals surface area contributed by atoms with Gasteiger partial charge in [-0.3, -0.25) is 0 Å². The van der Waals surface area contributed by atoms with Crippen LogP contribution in [0.2, 0.25) is 0 Å². The third-order valence-corrected chi connectivity index (χ3v) is 4.99. The SMILES string of the molecule is CCC1=C[C](C(C)(C)C)c2cccc3cc(C(C)(C)C)cc1c23. The molecule has 3 rings (SSSR count). The summed E-state index contributed by atoms with van der Waals surface area (Å²) in [5, 5.41) is 2.83. The summed E-state index contributed by atoms with van der Waals surface area (Å²) < 4.78 is 0. The summed E-state index contributed by atoms with van der Waals surface area (Å²) in [7, 11) is 0. The minimum absolute atomic E-state index is 0.162. The van der Waals surface area contributed by atoms with E-state index in [2.05, 4.69) is 84.9 Å². The largest absolute Gasteiger partial charge is 0.0684 e. The van der Waals surface area contributed by atoms with Crippen LogP contribution in [0.3, 0.4) is 0 Å². The fourth-order valence-corrected chi connectivity index (χ4v) is 3.58. The molecule has 0 atom stereocenters. The van der Waals surface area contributed by atoms with E-state index in [9.17, 15) is 0 Å². The van der Waals surface area contributed by atoms with Gasteiger partial charge in [0, 0.05) is 5.92 Å². The first-order valence-corrected chi connectivity index (χ1v) is 8.79. The predicted molar refractivity (Wildman–Crippen MR) is 103 cm³/mol. The van der Waals surface area contributed by atoms with Crippen LogP contribution in [0, 0.1) is 11.3 Å². The van der Waals surface area contributed by atoms with E-state index < -0.39 is 0 Å². The van der Waals surface area contributed by atoms with Gasteiger partial charge in [0.25, 0.3) is 0 Å². The van der Waals surface area contributed by atoms with Crippen molar-refractivity contribution < 1.29 is 0 Å². The Kier molecular flexibility index (Phi) is 3.71. The summed E-state index contributed by atoms with van der Waals surface area (Å²) in [6.07, 6.45) is 3.53. The zero-order chi connectivity index (χ0) is 17.0. The van der Waals surface area contributed by atoms with E-state index in [1.165, 1.54) is 39.0 Å². The quantitative estimate of drug-likeness (QED) is 0.537. The normalized spacial score (nSPS) is 15.9. The van der Waals surface area contributed by atoms with E-state index in [1.54, 1.807) is 0 Å². The van der Waals surface area contributed by atoms with Gasteiger partial charge in [0.2, 0.25) is 0 Å². The van der Waals surface area contributed by atoms with E-state index in [-0.39, 0.29) is 10.8 Å². The number of allylic oxidation sites excluding steroid dienone is 2. The Bertz CT molecular complexity index is 776. The van der Waals surface area contributed by atoms with Crippen molar-refractivity contribution in [2.24, 2.45) is 5.41 Å². The molecule has 0 amide bonds. The Morgan fingerprint density at radius 1 is 0.826 bits per heavy atom. The van der Waals surface area contributed by atoms with Crippen molar-refractivity contribution in [3.8, 4) is 0 Å². The molecule has 0 fully saturated rings. The van der Waals surface area contributed by atoms with Crippen molar-refractivity contribution in [2.75, 3.05) is 0 Å². The standard InChI is InChI=1S/C23H29/c1-8-15-13-20(23(5,6)7)18-11-9-10-16-12-17(22(2,3)4)14-19(15)21(16)18/h9-14H,8H2,1-7H3. The summed E-state index contributed by atoms with van der Waals surface area (Å²) in [4.78, 5) is 0. The van der Waals surface area contributed by atoms with Crippen molar-refractivity contribution in [3.63, 3.8) is 0 Å². The van der Waals surface area contributed by atoms with Gasteiger partial charge < -0.3 is 0 Å². The average molecular weight is 305 g/mol. The summed E-state index contributed by atoms with van der Waals surface area (Å²) in [5.74, 6) is 1.47. The van der Waals surface area contributed by atoms with Crippen molar-refractivity contribution in [1.82, 2.24) is 0 Å². The average Bonchev–Trinajstić information content (AvgIpc) is 2.45. The van der Waals surface area contributed by atoms with E-state index in [0.29, 0.717) is 0 Å². The van der Waals surface area contributed by atoms with Gasteiger partial charge in [-0.05, 0) is 50.3 Å². The molecule has 1 aliphatic carbocycles. The molecule has 2 aromatic carbocycles. The first-order chi connectivity index (χ1) is 10.6. The highest BCUT2D eigenvalue weighted by Gasteiger charge is 2.31. The number of rotatable bonds is 1. The van der Waals surface area contributed by atoms with Gasteiger partial charge in [-0.1, -0.05) is 84.9 Å². The molecule has 1 aliphatic rings. The smallest absolute Gasteiger partial charge is 0.0330 e. The highest BCUT2D eigenvalue weighted by atomic mass is 14.3. The summed E-state index contributed by atoms with van der Waals surface area (Å²) in [5.41, 5.74) is 6.10. The number of benzene rings is 2. The van der Waals surface area contributed by atoms with Crippen molar-refractivity contribution in [2.45, 2.75) is 60.3 Å². The number of hydrogen-bond donors (Lipinski definition) is 0. The lowest BCUT2D eigenvalue weighted by atomic mass is 9.69. The molecule has 0 unspecified atom stereocenters. The lowest BCUT2D eigenvalue weighted by Crippen LogP contribution is -2.21. The zero-order valence-corrected chi connectivity index (χ0v) is 15.7. The van der Waals surface area contributed by atoms with E-state index in [1.807, 2.05) is 0 Å². The van der Waals surface area contributed by atoms with Gasteiger partial charge in [0.05, 0.1) is 0 Å². The summed E-state index contributed by atoms with van der Waals surface area (Å²) in [6.45, 7) is 16.1. The predicted octanol–water partition coefficient (Wildman–Crippen LogP) is 6.91. The fourth-order valence-electron chi connectivity index (χ4n) is 3.58. The van der Waals surface area contributed by atoms with Gasteiger partial charge in [-0.2, -0.15) is 0 Å². The second-order valence-electron chi connectivity index (χ2n) is 8.86. The van der Waals surface area contributed by atoms with Crippen molar-refractivity contribution >= 4 is 16.3 Å². The molecule has 0 spiro atoms. The van der Waals surface area contributed by atoms with Crippen molar-refractivity contribution in [1.29, 1.82) is 0 Å². The van der Waals surface area contributed by atoms with Crippen LogP contribution in [0.1, 0.15) is 71.6 Å². The lowest BCUT2D eigenvalue weighted by Gasteiger charge is -2.34. The summed E-state index contributed by atoms with van der Waals surface area (Å²) in [6, 6.07) is 11.6. The molecule has 2 aromatic rings. The Hall–Kier alpha value is -1.56. The minimum atomic E-state index is 0.162. The molecule has 121 valence electrons. The molecule has 23 heavy (non-hydrogen) atoms. The first kappa shape index (κ1) is 16.3. The molecule has 0 saturated heterocycles. The summed E-state index contributed by atoms with van der Waals surface area (Å²) >= 11 is 0. The van der Waals surface area contributed by atoms with Crippen LogP contribution in [0.5, 0.6) is 0 Å². The van der Waals surface area contributed by atoms with Crippen molar-refractivity contribution in [3.05, 3.63) is 59.0 Å². The maximum Gasteiger partial charge on any atom is 0.0330 e. The topological polar surface area (TPSA) is 0 Å². The monoisotopic (exact) mass is 305 g/mol. The van der Waals surface area contributed by atoms with E-state index in [4.69, 9.17) is 0 Å². The third-order valence-electron chi connectivity index (χ3n) is 4.99. The van der Waals surface area contributed by atoms with E-state index >= 15 is 0 Å². The fraction of sp³-hybridized carbons (Fsp3) is 0.435. The molecule has 0 saturated carbocycles. The van der Waals surface area contributed by atoms with Gasteiger partial charge in [-0.15, -0.1) is 0 Å². The number of hydrogen-bond acceptors (Lipinski definition) is 0. The van der Waals surface area contributed by atoms with Crippen LogP contribution < -0.4 is 0 Å². The minimum Gasteiger partial charge on any atom is -0.0684 e. The molecule has 0 aromatic heterocycles. The van der Waals surface area contributed by atoms with E-state index in [0.717, 1.165) is 6.42 Å². The van der Waals surface area contributed by atoms with Crippen LogP contribution in [0.15, 0.2) is 36.4 Å². The molecule has 0 N–H and O–H groups in total. The van der Waals surface area contributed by atoms with Gasteiger partial charge in [0.1, 0.15) is 0 Å². The maximum atomic E-state index is 2.45. The molecule has 0 bridgehead atoms. The highest BCUT2D eigenvalue weighted by Crippen LogP contribution is 2.47. The van der Waals surface area contributed by atoms with Crippen LogP contribution in [-0.2, 0) is 5.41 Å². The Labute approximate surface area is 141 Å². The Morgan fingerprint density at radius 2 is 1.52 bits per heavy atom. The van der Waals surface area contributed by atoms with Crippen LogP contribution in [-0.4, -0.2) is 0 Å². The molecule has 1 radical (unpaired) electrons. The molecule has 0 nitrogen and oxygen atoms in total. The molecule has 0 heterocycles. The maximum absolute atomic E-state index is 2.45. The van der Waals surface area contributed by atoms with Crippen LogP contribution >= 0.6 is 0 Å². The molecular weight excluding hydrogens is 276 g/mol. The van der Waals surface area contributed by atoms with Crippen LogP contribution in [0.25, 0.3) is 16.3 Å². The first-order valence-electron chi connectivity index (χ1n) is 8.79. The van der Waals surface area contributed by atoms with Gasteiger partial charge >= 0.3 is 0 Å². The second-order valence-corrected chi connectivity index (χ2v) is 8.86. The third kappa shape index (κ3) is 2.73. The second kappa shape index (κ2) is 5.23. The van der Waals surface area contributed by atoms with Gasteiger partial charge in [-0.25, -0.2) is 0 Å². The van der Waals surface area contributed by atoms with Crippen LogP contribution in [0.4, 0.5) is 0 Å². The van der Waals surface area contributed by atoms with Gasteiger partial charge in [0.15, 0.2) is 0 Å². The zero-order valence-electron chi connectivity index (χ0n) is 15.7. The Morgan fingerprint density at radius 3 is 2.09 bits per heavy atom. The molecular formula is C23H29. The molecule has 0 aliphatic heterocycles.